The predicted molar refractivity (Wildman–Crippen MR) is 159 cm³/mol. The number of carbonyl (C=O) groups is 1. The van der Waals surface area contributed by atoms with Crippen molar-refractivity contribution in [1.82, 2.24) is 20.1 Å². The number of anilines is 1. The fourth-order valence-electron chi connectivity index (χ4n) is 4.33. The van der Waals surface area contributed by atoms with Crippen molar-refractivity contribution in [3.63, 3.8) is 0 Å². The molecular formula is C30H27F3N6O2S. The summed E-state index contributed by atoms with van der Waals surface area (Å²) in [6, 6.07) is 20.5. The maximum atomic E-state index is 12.6. The lowest BCUT2D eigenvalue weighted by Crippen LogP contribution is -2.27. The topological polar surface area (TPSA) is 84.6 Å². The second-order valence-electron chi connectivity index (χ2n) is 9.57. The third kappa shape index (κ3) is 7.19. The lowest BCUT2D eigenvalue weighted by atomic mass is 10.0. The molecular weight excluding hydrogens is 565 g/mol. The van der Waals surface area contributed by atoms with Crippen LogP contribution in [0.2, 0.25) is 0 Å². The van der Waals surface area contributed by atoms with Crippen LogP contribution in [0.25, 0.3) is 23.2 Å². The molecule has 5 rings (SSSR count). The van der Waals surface area contributed by atoms with Crippen molar-refractivity contribution >= 4 is 34.7 Å². The normalized spacial score (nSPS) is 14.7. The van der Waals surface area contributed by atoms with Gasteiger partial charge in [0.15, 0.2) is 11.0 Å². The Morgan fingerprint density at radius 2 is 1.81 bits per heavy atom. The monoisotopic (exact) mass is 592 g/mol. The fraction of sp³-hybridized carbons (Fsp3) is 0.200. The van der Waals surface area contributed by atoms with E-state index in [4.69, 9.17) is 0 Å². The molecule has 12 heteroatoms. The van der Waals surface area contributed by atoms with Gasteiger partial charge in [-0.15, -0.1) is 18.3 Å². The summed E-state index contributed by atoms with van der Waals surface area (Å²) in [5.74, 6) is 1.34. The molecule has 3 aromatic carbocycles. The molecule has 216 valence electrons. The number of halogens is 3. The van der Waals surface area contributed by atoms with E-state index in [9.17, 15) is 18.0 Å². The second-order valence-corrected chi connectivity index (χ2v) is 10.6. The van der Waals surface area contributed by atoms with E-state index in [0.717, 1.165) is 29.1 Å². The van der Waals surface area contributed by atoms with Crippen LogP contribution in [0.5, 0.6) is 5.75 Å². The first-order valence-electron chi connectivity index (χ1n) is 13.1. The zero-order valence-corrected chi connectivity index (χ0v) is 23.6. The third-order valence-corrected chi connectivity index (χ3v) is 7.26. The van der Waals surface area contributed by atoms with Crippen molar-refractivity contribution in [3.8, 4) is 22.8 Å². The van der Waals surface area contributed by atoms with E-state index in [2.05, 4.69) is 56.0 Å². The molecule has 1 aliphatic heterocycles. The molecule has 1 N–H and O–H groups in total. The van der Waals surface area contributed by atoms with Gasteiger partial charge in [-0.3, -0.25) is 0 Å². The van der Waals surface area contributed by atoms with E-state index >= 15 is 0 Å². The fourth-order valence-corrected chi connectivity index (χ4v) is 5.28. The van der Waals surface area contributed by atoms with E-state index in [1.165, 1.54) is 40.8 Å². The van der Waals surface area contributed by atoms with Crippen LogP contribution in [0.4, 0.5) is 23.7 Å². The minimum atomic E-state index is -4.75. The molecule has 2 heterocycles. The number of rotatable bonds is 7. The van der Waals surface area contributed by atoms with Gasteiger partial charge in [-0.2, -0.15) is 4.99 Å². The number of para-hydroxylation sites is 1. The Balaban J connectivity index is 1.19. The van der Waals surface area contributed by atoms with Gasteiger partial charge in [-0.05, 0) is 53.5 Å². The first-order chi connectivity index (χ1) is 20.2. The molecule has 1 aliphatic rings. The van der Waals surface area contributed by atoms with Crippen molar-refractivity contribution in [3.05, 3.63) is 96.5 Å². The molecule has 0 saturated carbocycles. The number of aliphatic imine (C=N–C) groups is 1. The van der Waals surface area contributed by atoms with Gasteiger partial charge in [-0.1, -0.05) is 68.1 Å². The van der Waals surface area contributed by atoms with Gasteiger partial charge < -0.3 is 15.0 Å². The van der Waals surface area contributed by atoms with Crippen molar-refractivity contribution < 1.29 is 22.7 Å². The van der Waals surface area contributed by atoms with E-state index < -0.39 is 12.4 Å². The predicted octanol–water partition coefficient (Wildman–Crippen LogP) is 7.25. The van der Waals surface area contributed by atoms with Gasteiger partial charge in [0.25, 0.3) is 0 Å². The van der Waals surface area contributed by atoms with E-state index in [1.807, 2.05) is 36.4 Å². The molecule has 0 unspecified atom stereocenters. The highest BCUT2D eigenvalue weighted by Crippen LogP contribution is 2.32. The SMILES string of the molecule is CC(C)c1ccccc1N1CCSC1=NC(=O)N/C=C/c1ccc(-c2ncn(-c3ccc(OC(F)(F)F)cc3)n2)cc1. The third-order valence-electron chi connectivity index (χ3n) is 6.30. The highest BCUT2D eigenvalue weighted by molar-refractivity contribution is 8.14. The van der Waals surface area contributed by atoms with Crippen molar-refractivity contribution in [2.45, 2.75) is 26.1 Å². The molecule has 0 spiro atoms. The van der Waals surface area contributed by atoms with Gasteiger partial charge >= 0.3 is 12.4 Å². The van der Waals surface area contributed by atoms with Crippen LogP contribution in [0.1, 0.15) is 30.9 Å². The number of thioether (sulfide) groups is 1. The summed E-state index contributed by atoms with van der Waals surface area (Å²) in [4.78, 5) is 23.2. The Hall–Kier alpha value is -4.58. The van der Waals surface area contributed by atoms with Gasteiger partial charge in [0.2, 0.25) is 0 Å². The van der Waals surface area contributed by atoms with Crippen molar-refractivity contribution in [2.24, 2.45) is 4.99 Å². The van der Waals surface area contributed by atoms with Crippen LogP contribution >= 0.6 is 11.8 Å². The molecule has 1 aromatic heterocycles. The summed E-state index contributed by atoms with van der Waals surface area (Å²) < 4.78 is 42.5. The number of hydrogen-bond donors (Lipinski definition) is 1. The zero-order chi connectivity index (χ0) is 29.7. The summed E-state index contributed by atoms with van der Waals surface area (Å²) in [5.41, 5.74) is 4.41. The number of nitrogens with one attached hydrogen (secondary N) is 1. The first-order valence-corrected chi connectivity index (χ1v) is 14.1. The van der Waals surface area contributed by atoms with E-state index in [0.29, 0.717) is 22.6 Å². The lowest BCUT2D eigenvalue weighted by Gasteiger charge is -2.22. The number of alkyl halides is 3. The maximum Gasteiger partial charge on any atom is 0.573 e. The van der Waals surface area contributed by atoms with Gasteiger partial charge in [-0.25, -0.2) is 14.5 Å². The number of ether oxygens (including phenoxy) is 1. The molecule has 0 atom stereocenters. The van der Waals surface area contributed by atoms with E-state index in [-0.39, 0.29) is 5.75 Å². The average Bonchev–Trinajstić information content (AvgIpc) is 3.63. The van der Waals surface area contributed by atoms with E-state index in [1.54, 1.807) is 24.0 Å². The standard InChI is InChI=1S/C30H27F3N6O2S/c1-20(2)25-5-3-4-6-26(25)38-17-18-42-29(38)36-28(40)34-16-15-21-7-9-22(10-8-21)27-35-19-39(37-27)23-11-13-24(14-12-23)41-30(31,32)33/h3-16,19-20H,17-18H2,1-2H3,(H,34,40)/b16-15+,36-29?. The van der Waals surface area contributed by atoms with Crippen LogP contribution in [-0.4, -0.2) is 44.6 Å². The van der Waals surface area contributed by atoms with Gasteiger partial charge in [0.1, 0.15) is 12.1 Å². The maximum absolute atomic E-state index is 12.6. The smallest absolute Gasteiger partial charge is 0.406 e. The molecule has 0 aliphatic carbocycles. The molecule has 2 amide bonds. The molecule has 4 aromatic rings. The van der Waals surface area contributed by atoms with Gasteiger partial charge in [0.05, 0.1) is 5.69 Å². The summed E-state index contributed by atoms with van der Waals surface area (Å²) in [6.07, 6.45) is 0.0317. The van der Waals surface area contributed by atoms with Crippen LogP contribution in [0.15, 0.2) is 90.3 Å². The second kappa shape index (κ2) is 12.5. The van der Waals surface area contributed by atoms with Crippen LogP contribution in [0.3, 0.4) is 0 Å². The van der Waals surface area contributed by atoms with Crippen LogP contribution in [-0.2, 0) is 0 Å². The Labute approximate surface area is 244 Å². The first kappa shape index (κ1) is 28.9. The number of hydrogen-bond acceptors (Lipinski definition) is 5. The number of urea groups is 1. The Bertz CT molecular complexity index is 1600. The Kier molecular flexibility index (Phi) is 8.62. The van der Waals surface area contributed by atoms with Gasteiger partial charge in [0, 0.05) is 29.7 Å². The van der Waals surface area contributed by atoms with Crippen molar-refractivity contribution in [2.75, 3.05) is 17.2 Å². The van der Waals surface area contributed by atoms with Crippen molar-refractivity contribution in [1.29, 1.82) is 0 Å². The van der Waals surface area contributed by atoms with Crippen LogP contribution < -0.4 is 15.0 Å². The molecule has 42 heavy (non-hydrogen) atoms. The molecule has 1 saturated heterocycles. The number of carbonyl (C=O) groups excluding carboxylic acids is 1. The molecule has 0 radical (unpaired) electrons. The summed E-state index contributed by atoms with van der Waals surface area (Å²) in [6.45, 7) is 5.09. The molecule has 8 nitrogen and oxygen atoms in total. The Morgan fingerprint density at radius 1 is 1.07 bits per heavy atom. The molecule has 1 fully saturated rings. The zero-order valence-electron chi connectivity index (χ0n) is 22.7. The largest absolute Gasteiger partial charge is 0.573 e. The summed E-state index contributed by atoms with van der Waals surface area (Å²) >= 11 is 1.56. The summed E-state index contributed by atoms with van der Waals surface area (Å²) in [7, 11) is 0. The number of nitrogens with zero attached hydrogens (tertiary/aromatic N) is 5. The highest BCUT2D eigenvalue weighted by atomic mass is 32.2. The number of amidine groups is 1. The minimum absolute atomic E-state index is 0.314. The summed E-state index contributed by atoms with van der Waals surface area (Å²) in [5, 5.41) is 7.79. The van der Waals surface area contributed by atoms with Crippen LogP contribution in [0, 0.1) is 0 Å². The quantitative estimate of drug-likeness (QED) is 0.243. The Morgan fingerprint density at radius 3 is 2.52 bits per heavy atom. The lowest BCUT2D eigenvalue weighted by molar-refractivity contribution is -0.274. The number of amides is 2. The number of aromatic nitrogens is 3. The minimum Gasteiger partial charge on any atom is -0.406 e. The molecule has 0 bridgehead atoms. The number of benzene rings is 3. The highest BCUT2D eigenvalue weighted by Gasteiger charge is 2.31. The average molecular weight is 593 g/mol.